The summed E-state index contributed by atoms with van der Waals surface area (Å²) in [4.78, 5) is 53.3. The molecule has 5 N–H and O–H groups in total. The lowest BCUT2D eigenvalue weighted by atomic mass is 10.2. The fourth-order valence-electron chi connectivity index (χ4n) is 6.10. The highest BCUT2D eigenvalue weighted by atomic mass is 15.1. The van der Waals surface area contributed by atoms with E-state index in [4.69, 9.17) is 0 Å². The van der Waals surface area contributed by atoms with E-state index in [0.29, 0.717) is 12.1 Å². The van der Waals surface area contributed by atoms with Crippen LogP contribution in [0.25, 0.3) is 11.0 Å². The third-order valence-electron chi connectivity index (χ3n) is 8.87. The molecule has 0 aromatic carbocycles. The average Bonchev–Trinajstić information content (AvgIpc) is 4.10. The zero-order chi connectivity index (χ0) is 37.5. The van der Waals surface area contributed by atoms with Gasteiger partial charge in [-0.3, -0.25) is 15.0 Å². The van der Waals surface area contributed by atoms with Crippen LogP contribution in [0.3, 0.4) is 0 Å². The van der Waals surface area contributed by atoms with Gasteiger partial charge in [0.1, 0.15) is 49.3 Å². The standard InChI is InChI=1S/C7H9N3.2C6H7N3.C6H5N3.2C6H7N3/c1-10-3-6-2-8-5-9-7(6)4-10;3*1-2-8-6-3-7-4-9-5(1)6;2*1-2-8-6-5(1)3-7-4-9-6/h2-3,5,7H,4H2,1H3;3-4,8H,1-2H2;2-5H,1H2,(H,7,9);1-4,8H;2*3-4H,1-2H2,(H,7,8,9). The number of hydrogen-bond donors (Lipinski definition) is 5. The summed E-state index contributed by atoms with van der Waals surface area (Å²) in [5.74, 6) is 2.01. The fraction of sp³-hybridized carbons (Fsp3) is 0.297. The maximum absolute atomic E-state index is 4.21. The highest BCUT2D eigenvalue weighted by molar-refractivity contribution is 5.89. The summed E-state index contributed by atoms with van der Waals surface area (Å²) in [5, 5.41) is 12.4. The Bertz CT molecular complexity index is 1990. The van der Waals surface area contributed by atoms with Crippen molar-refractivity contribution in [2.45, 2.75) is 37.8 Å². The maximum atomic E-state index is 4.21. The summed E-state index contributed by atoms with van der Waals surface area (Å²) in [6.45, 7) is 4.02. The Morgan fingerprint density at radius 1 is 0.745 bits per heavy atom. The number of aromatic nitrogens is 9. The van der Waals surface area contributed by atoms with Gasteiger partial charge < -0.3 is 31.2 Å². The van der Waals surface area contributed by atoms with Gasteiger partial charge in [-0.25, -0.2) is 44.9 Å². The van der Waals surface area contributed by atoms with Gasteiger partial charge in [-0.1, -0.05) is 0 Å². The molecule has 0 amide bonds. The lowest BCUT2D eigenvalue weighted by molar-refractivity contribution is 0.475. The number of likely N-dealkylation sites (N-methyl/N-ethyl adjacent to an activating group) is 1. The molecule has 2 unspecified atom stereocenters. The van der Waals surface area contributed by atoms with Crippen molar-refractivity contribution in [2.24, 2.45) is 20.0 Å². The van der Waals surface area contributed by atoms with Gasteiger partial charge in [0.05, 0.1) is 52.9 Å². The molecule has 2 atom stereocenters. The molecule has 0 saturated heterocycles. The van der Waals surface area contributed by atoms with Crippen LogP contribution in [0.1, 0.15) is 23.2 Å². The molecule has 5 aromatic heterocycles. The quantitative estimate of drug-likeness (QED) is 0.155. The van der Waals surface area contributed by atoms with Gasteiger partial charge in [0.2, 0.25) is 0 Å². The van der Waals surface area contributed by atoms with Crippen molar-refractivity contribution in [3.05, 3.63) is 103 Å². The van der Waals surface area contributed by atoms with Crippen molar-refractivity contribution in [1.29, 1.82) is 0 Å². The van der Waals surface area contributed by atoms with E-state index in [1.54, 1.807) is 37.9 Å². The van der Waals surface area contributed by atoms with Crippen molar-refractivity contribution in [3.8, 4) is 0 Å². The van der Waals surface area contributed by atoms with Crippen LogP contribution in [-0.2, 0) is 19.3 Å². The number of anilines is 3. The van der Waals surface area contributed by atoms with Crippen LogP contribution in [-0.4, -0.2) is 120 Å². The number of hydrogen-bond acceptors (Lipinski definition) is 17. The van der Waals surface area contributed by atoms with Gasteiger partial charge in [0, 0.05) is 106 Å². The van der Waals surface area contributed by atoms with Gasteiger partial charge in [-0.2, -0.15) is 0 Å². The number of aliphatic imine (C=N–C) groups is 4. The van der Waals surface area contributed by atoms with Crippen LogP contribution in [0, 0.1) is 0 Å². The predicted octanol–water partition coefficient (Wildman–Crippen LogP) is 2.89. The predicted molar refractivity (Wildman–Crippen MR) is 215 cm³/mol. The van der Waals surface area contributed by atoms with E-state index < -0.39 is 0 Å². The van der Waals surface area contributed by atoms with E-state index in [1.807, 2.05) is 49.5 Å². The molecule has 0 radical (unpaired) electrons. The van der Waals surface area contributed by atoms with Crippen molar-refractivity contribution < 1.29 is 0 Å². The summed E-state index contributed by atoms with van der Waals surface area (Å²) in [7, 11) is 2.05. The lowest BCUT2D eigenvalue weighted by Gasteiger charge is -2.09. The molecule has 12 rings (SSSR count). The van der Waals surface area contributed by atoms with Crippen LogP contribution in [0.4, 0.5) is 17.3 Å². The maximum Gasteiger partial charge on any atom is 0.132 e. The Hall–Kier alpha value is -6.98. The summed E-state index contributed by atoms with van der Waals surface area (Å²) in [5.41, 5.74) is 8.93. The second kappa shape index (κ2) is 18.7. The summed E-state index contributed by atoms with van der Waals surface area (Å²) >= 11 is 0. The van der Waals surface area contributed by atoms with E-state index in [0.717, 1.165) is 91.6 Å². The van der Waals surface area contributed by atoms with E-state index in [2.05, 4.69) is 104 Å². The molecule has 280 valence electrons. The minimum Gasteiger partial charge on any atom is -0.382 e. The van der Waals surface area contributed by atoms with Crippen LogP contribution >= 0.6 is 0 Å². The smallest absolute Gasteiger partial charge is 0.132 e. The van der Waals surface area contributed by atoms with E-state index in [-0.39, 0.29) is 0 Å². The molecule has 7 aliphatic heterocycles. The van der Waals surface area contributed by atoms with Crippen LogP contribution in [0.2, 0.25) is 0 Å². The minimum absolute atomic E-state index is 0.311. The molecule has 0 fully saturated rings. The van der Waals surface area contributed by atoms with Gasteiger partial charge in [-0.15, -0.1) is 0 Å². The van der Waals surface area contributed by atoms with Gasteiger partial charge in [-0.05, 0) is 18.9 Å². The normalized spacial score (nSPS) is 18.9. The first-order valence-electron chi connectivity index (χ1n) is 18.0. The van der Waals surface area contributed by atoms with E-state index in [1.165, 1.54) is 23.0 Å². The highest BCUT2D eigenvalue weighted by Crippen LogP contribution is 2.19. The monoisotopic (exact) mass is 738 g/mol. The SMILES string of the molecule is C1=NC2=CNC=NC2C1.CN1C=C2C=NC=NC2C1.c1ncc2[nH]ccc2n1.c1ncc2c(n1)CCN2.c1ncc2c(n1)NCC2.c1ncc2c(n1)NCC2. The number of aromatic amines is 1. The number of H-pyrrole nitrogens is 1. The molecule has 0 bridgehead atoms. The number of nitrogens with one attached hydrogen (secondary N) is 5. The summed E-state index contributed by atoms with van der Waals surface area (Å²) in [6.07, 6.45) is 30.6. The third kappa shape index (κ3) is 10.1. The summed E-state index contributed by atoms with van der Waals surface area (Å²) in [6, 6.07) is 2.57. The second-order valence-electron chi connectivity index (χ2n) is 12.7. The van der Waals surface area contributed by atoms with Crippen LogP contribution < -0.4 is 21.3 Å². The van der Waals surface area contributed by atoms with Crippen molar-refractivity contribution in [3.63, 3.8) is 0 Å². The first-order valence-corrected chi connectivity index (χ1v) is 18.0. The van der Waals surface area contributed by atoms with Crippen LogP contribution in [0.15, 0.2) is 106 Å². The molecule has 7 aliphatic rings. The lowest BCUT2D eigenvalue weighted by Crippen LogP contribution is -2.18. The minimum atomic E-state index is 0.311. The second-order valence-corrected chi connectivity index (χ2v) is 12.7. The molecule has 18 nitrogen and oxygen atoms in total. The Morgan fingerprint density at radius 2 is 1.47 bits per heavy atom. The zero-order valence-corrected chi connectivity index (χ0v) is 30.4. The molecular weight excluding hydrogens is 697 g/mol. The Morgan fingerprint density at radius 3 is 2.20 bits per heavy atom. The average molecular weight is 739 g/mol. The van der Waals surface area contributed by atoms with Crippen molar-refractivity contribution in [1.82, 2.24) is 55.1 Å². The zero-order valence-electron chi connectivity index (χ0n) is 30.4. The molecular formula is C37H42N18. The fourth-order valence-corrected chi connectivity index (χ4v) is 6.10. The highest BCUT2D eigenvalue weighted by Gasteiger charge is 2.21. The van der Waals surface area contributed by atoms with Gasteiger partial charge in [0.15, 0.2) is 0 Å². The molecule has 55 heavy (non-hydrogen) atoms. The first kappa shape index (κ1) is 36.4. The van der Waals surface area contributed by atoms with Crippen molar-refractivity contribution in [2.75, 3.05) is 49.2 Å². The van der Waals surface area contributed by atoms with Gasteiger partial charge in [0.25, 0.3) is 0 Å². The molecule has 5 aromatic rings. The molecule has 18 heteroatoms. The number of fused-ring (bicyclic) bond motifs is 6. The Balaban J connectivity index is 0.000000102. The van der Waals surface area contributed by atoms with E-state index in [9.17, 15) is 0 Å². The largest absolute Gasteiger partial charge is 0.382 e. The number of rotatable bonds is 0. The Labute approximate surface area is 317 Å². The van der Waals surface area contributed by atoms with Gasteiger partial charge >= 0.3 is 0 Å². The van der Waals surface area contributed by atoms with Crippen molar-refractivity contribution >= 4 is 53.5 Å². The molecule has 0 saturated carbocycles. The molecule has 12 heterocycles. The number of nitrogens with zero attached hydrogens (tertiary/aromatic N) is 13. The topological polar surface area (TPSA) is 220 Å². The summed E-state index contributed by atoms with van der Waals surface area (Å²) < 4.78 is 0. The van der Waals surface area contributed by atoms with E-state index >= 15 is 0 Å². The molecule has 0 aliphatic carbocycles. The Kier molecular flexibility index (Phi) is 12.4. The first-order chi connectivity index (χ1) is 27.2. The van der Waals surface area contributed by atoms with Crippen LogP contribution in [0.5, 0.6) is 0 Å². The molecule has 0 spiro atoms. The third-order valence-corrected chi connectivity index (χ3v) is 8.87.